The van der Waals surface area contributed by atoms with Gasteiger partial charge >= 0.3 is 13.3 Å². The SMILES string of the molecule is CC(=O)N1CC[C@H]2CCN(C(=O)[C@@H]3CCCN3C(=O)[C@@H](NC(=O)c3cc4cc(C(F)(F)P(=O)(O)O)ccc4s3)C(C)(C)C)[C@H]2C1. The number of halogens is 2. The van der Waals surface area contributed by atoms with E-state index in [4.69, 9.17) is 9.79 Å². The number of amides is 4. The Morgan fingerprint density at radius 3 is 2.36 bits per heavy atom. The molecule has 3 saturated heterocycles. The van der Waals surface area contributed by atoms with Crippen molar-refractivity contribution >= 4 is 52.6 Å². The molecule has 1 aromatic carbocycles. The van der Waals surface area contributed by atoms with Gasteiger partial charge in [0, 0.05) is 43.4 Å². The lowest BCUT2D eigenvalue weighted by Gasteiger charge is -2.40. The van der Waals surface area contributed by atoms with Crippen LogP contribution in [0.25, 0.3) is 10.1 Å². The Labute approximate surface area is 264 Å². The monoisotopic (exact) mass is 668 g/mol. The van der Waals surface area contributed by atoms with Crippen LogP contribution in [-0.4, -0.2) is 92.4 Å². The Balaban J connectivity index is 1.34. The number of carbonyl (C=O) groups is 4. The van der Waals surface area contributed by atoms with Crippen LogP contribution in [0.15, 0.2) is 24.3 Å². The lowest BCUT2D eigenvalue weighted by molar-refractivity contribution is -0.148. The maximum absolute atomic E-state index is 14.3. The molecule has 246 valence electrons. The van der Waals surface area contributed by atoms with E-state index < -0.39 is 42.2 Å². The van der Waals surface area contributed by atoms with Gasteiger partial charge in [0.25, 0.3) is 5.91 Å². The molecule has 0 saturated carbocycles. The molecule has 2 aromatic rings. The van der Waals surface area contributed by atoms with Gasteiger partial charge in [-0.25, -0.2) is 0 Å². The van der Waals surface area contributed by atoms with E-state index in [1.54, 1.807) is 30.6 Å². The molecule has 0 radical (unpaired) electrons. The van der Waals surface area contributed by atoms with Crippen LogP contribution in [0, 0.1) is 11.3 Å². The molecule has 0 spiro atoms. The highest BCUT2D eigenvalue weighted by Crippen LogP contribution is 2.59. The predicted molar refractivity (Wildman–Crippen MR) is 164 cm³/mol. The van der Waals surface area contributed by atoms with E-state index in [-0.39, 0.29) is 34.0 Å². The molecule has 5 rings (SSSR count). The molecule has 3 fully saturated rings. The summed E-state index contributed by atoms with van der Waals surface area (Å²) in [6.07, 6.45) is 2.83. The maximum atomic E-state index is 14.3. The number of nitrogens with zero attached hydrogens (tertiary/aromatic N) is 3. The number of rotatable bonds is 6. The van der Waals surface area contributed by atoms with Crippen LogP contribution in [-0.2, 0) is 24.6 Å². The van der Waals surface area contributed by atoms with Gasteiger partial charge in [0.05, 0.1) is 10.9 Å². The van der Waals surface area contributed by atoms with Crippen molar-refractivity contribution in [2.75, 3.05) is 26.2 Å². The first-order valence-electron chi connectivity index (χ1n) is 15.0. The van der Waals surface area contributed by atoms with Gasteiger partial charge in [0.1, 0.15) is 12.1 Å². The van der Waals surface area contributed by atoms with Crippen molar-refractivity contribution in [1.82, 2.24) is 20.0 Å². The second kappa shape index (κ2) is 12.0. The molecule has 15 heteroatoms. The van der Waals surface area contributed by atoms with E-state index in [9.17, 15) is 32.5 Å². The third-order valence-corrected chi connectivity index (χ3v) is 11.4. The smallest absolute Gasteiger partial charge is 0.341 e. The van der Waals surface area contributed by atoms with Gasteiger partial charge in [0.15, 0.2) is 0 Å². The quantitative estimate of drug-likeness (QED) is 0.398. The molecular formula is C30H39F2N4O7PS. The van der Waals surface area contributed by atoms with Crippen LogP contribution in [0.2, 0.25) is 0 Å². The number of piperidine rings is 1. The summed E-state index contributed by atoms with van der Waals surface area (Å²) in [6.45, 7) is 9.03. The van der Waals surface area contributed by atoms with E-state index >= 15 is 0 Å². The molecule has 11 nitrogen and oxygen atoms in total. The predicted octanol–water partition coefficient (Wildman–Crippen LogP) is 3.73. The van der Waals surface area contributed by atoms with Gasteiger partial charge in [-0.05, 0) is 60.6 Å². The summed E-state index contributed by atoms with van der Waals surface area (Å²) in [4.78, 5) is 77.0. The Bertz CT molecular complexity index is 1570. The van der Waals surface area contributed by atoms with Crippen molar-refractivity contribution in [2.24, 2.45) is 11.3 Å². The highest BCUT2D eigenvalue weighted by molar-refractivity contribution is 7.52. The second-order valence-corrected chi connectivity index (χ2v) is 16.0. The van der Waals surface area contributed by atoms with Crippen LogP contribution in [0.3, 0.4) is 0 Å². The largest absolute Gasteiger partial charge is 0.399 e. The summed E-state index contributed by atoms with van der Waals surface area (Å²) in [7, 11) is -5.77. The fourth-order valence-corrected chi connectivity index (χ4v) is 8.13. The fraction of sp³-hybridized carbons (Fsp3) is 0.600. The van der Waals surface area contributed by atoms with Gasteiger partial charge in [-0.3, -0.25) is 23.7 Å². The third-order valence-electron chi connectivity index (χ3n) is 9.25. The molecular weight excluding hydrogens is 629 g/mol. The van der Waals surface area contributed by atoms with Crippen molar-refractivity contribution < 1.29 is 42.3 Å². The van der Waals surface area contributed by atoms with E-state index in [1.165, 1.54) is 19.1 Å². The first-order chi connectivity index (χ1) is 20.9. The average Bonchev–Trinajstić information content (AvgIpc) is 3.71. The maximum Gasteiger partial charge on any atom is 0.399 e. The van der Waals surface area contributed by atoms with Crippen LogP contribution >= 0.6 is 18.9 Å². The number of benzene rings is 1. The van der Waals surface area contributed by atoms with E-state index in [1.807, 2.05) is 4.90 Å². The number of hydrogen-bond donors (Lipinski definition) is 3. The Morgan fingerprint density at radius 2 is 1.71 bits per heavy atom. The molecule has 3 aliphatic rings. The standard InChI is InChI=1S/C30H39F2N4O7PS/c1-17(37)34-12-9-18-10-13-36(22(18)16-34)27(39)21-6-5-11-35(21)28(40)25(29(2,3)4)33-26(38)24-15-19-14-20(7-8-23(19)45-24)30(31,32)44(41,42)43/h7-8,14-15,18,21-22,25H,5-6,9-13,16H2,1-4H3,(H,33,38)(H2,41,42,43)/t18-,21-,22-,25+/m0/s1. The molecule has 4 atom stereocenters. The summed E-state index contributed by atoms with van der Waals surface area (Å²) in [5.74, 6) is -0.834. The first-order valence-corrected chi connectivity index (χ1v) is 17.5. The van der Waals surface area contributed by atoms with Crippen molar-refractivity contribution in [3.63, 3.8) is 0 Å². The summed E-state index contributed by atoms with van der Waals surface area (Å²) in [5, 5.41) is 3.01. The minimum absolute atomic E-state index is 0.0210. The molecule has 1 aromatic heterocycles. The minimum Gasteiger partial charge on any atom is -0.341 e. The minimum atomic E-state index is -5.77. The molecule has 0 aliphatic carbocycles. The highest BCUT2D eigenvalue weighted by Gasteiger charge is 2.51. The van der Waals surface area contributed by atoms with Crippen molar-refractivity contribution in [3.05, 3.63) is 34.7 Å². The fourth-order valence-electron chi connectivity index (χ4n) is 6.71. The Hall–Kier alpha value is -2.93. The molecule has 3 N–H and O–H groups in total. The number of carbonyl (C=O) groups excluding carboxylic acids is 4. The van der Waals surface area contributed by atoms with Crippen LogP contribution in [0.4, 0.5) is 8.78 Å². The van der Waals surface area contributed by atoms with Crippen LogP contribution in [0.1, 0.15) is 68.6 Å². The van der Waals surface area contributed by atoms with Gasteiger partial charge in [-0.1, -0.05) is 26.8 Å². The third kappa shape index (κ3) is 6.39. The van der Waals surface area contributed by atoms with Crippen molar-refractivity contribution in [3.8, 4) is 0 Å². The van der Waals surface area contributed by atoms with E-state index in [0.717, 1.165) is 36.3 Å². The lowest BCUT2D eigenvalue weighted by atomic mass is 9.85. The molecule has 0 unspecified atom stereocenters. The Kier molecular flexibility index (Phi) is 8.93. The van der Waals surface area contributed by atoms with Gasteiger partial charge < -0.3 is 29.8 Å². The topological polar surface area (TPSA) is 148 Å². The molecule has 3 aliphatic heterocycles. The highest BCUT2D eigenvalue weighted by atomic mass is 32.1. The average molecular weight is 669 g/mol. The number of nitrogens with one attached hydrogen (secondary N) is 1. The Morgan fingerprint density at radius 1 is 1.02 bits per heavy atom. The van der Waals surface area contributed by atoms with Gasteiger partial charge in [-0.2, -0.15) is 8.78 Å². The summed E-state index contributed by atoms with van der Waals surface area (Å²) < 4.78 is 40.4. The summed E-state index contributed by atoms with van der Waals surface area (Å²) >= 11 is 0.999. The summed E-state index contributed by atoms with van der Waals surface area (Å²) in [6, 6.07) is 2.71. The van der Waals surface area contributed by atoms with Crippen molar-refractivity contribution in [2.45, 2.75) is 77.2 Å². The summed E-state index contributed by atoms with van der Waals surface area (Å²) in [5.41, 5.74) is -6.01. The van der Waals surface area contributed by atoms with E-state index in [0.29, 0.717) is 49.6 Å². The van der Waals surface area contributed by atoms with Gasteiger partial charge in [-0.15, -0.1) is 11.3 Å². The van der Waals surface area contributed by atoms with Crippen LogP contribution in [0.5, 0.6) is 0 Å². The normalized spacial score (nSPS) is 23.3. The number of fused-ring (bicyclic) bond motifs is 2. The lowest BCUT2D eigenvalue weighted by Crippen LogP contribution is -2.59. The number of likely N-dealkylation sites (tertiary alicyclic amines) is 3. The van der Waals surface area contributed by atoms with E-state index in [2.05, 4.69) is 5.32 Å². The zero-order valence-electron chi connectivity index (χ0n) is 25.7. The molecule has 4 amide bonds. The van der Waals surface area contributed by atoms with Crippen LogP contribution < -0.4 is 5.32 Å². The van der Waals surface area contributed by atoms with Gasteiger partial charge in [0.2, 0.25) is 17.7 Å². The second-order valence-electron chi connectivity index (χ2n) is 13.3. The number of alkyl halides is 2. The zero-order valence-corrected chi connectivity index (χ0v) is 27.4. The molecule has 45 heavy (non-hydrogen) atoms. The first kappa shape index (κ1) is 33.4. The molecule has 4 heterocycles. The zero-order chi connectivity index (χ0) is 33.1. The molecule has 0 bridgehead atoms. The van der Waals surface area contributed by atoms with Crippen molar-refractivity contribution in [1.29, 1.82) is 0 Å². The number of hydrogen-bond acceptors (Lipinski definition) is 6. The number of thiophene rings is 1.